The van der Waals surface area contributed by atoms with Crippen molar-refractivity contribution in [3.05, 3.63) is 29.8 Å². The molecule has 1 fully saturated rings. The van der Waals surface area contributed by atoms with Crippen molar-refractivity contribution in [2.75, 3.05) is 13.1 Å². The second kappa shape index (κ2) is 5.22. The molecule has 0 bridgehead atoms. The molecule has 1 amide bonds. The van der Waals surface area contributed by atoms with Crippen molar-refractivity contribution < 1.29 is 23.1 Å². The van der Waals surface area contributed by atoms with Crippen molar-refractivity contribution in [2.45, 2.75) is 11.3 Å². The van der Waals surface area contributed by atoms with E-state index in [1.54, 1.807) is 0 Å². The minimum atomic E-state index is -3.73. The molecule has 0 spiro atoms. The van der Waals surface area contributed by atoms with Gasteiger partial charge < -0.3 is 10.8 Å². The molecule has 1 aliphatic heterocycles. The number of nitrogens with zero attached hydrogens (tertiary/aromatic N) is 1. The van der Waals surface area contributed by atoms with E-state index in [0.717, 1.165) is 4.31 Å². The highest BCUT2D eigenvalue weighted by molar-refractivity contribution is 7.89. The topological polar surface area (TPSA) is 118 Å². The van der Waals surface area contributed by atoms with Crippen LogP contribution in [0.15, 0.2) is 29.2 Å². The second-order valence-electron chi connectivity index (χ2n) is 4.58. The quantitative estimate of drug-likeness (QED) is 0.803. The van der Waals surface area contributed by atoms with Gasteiger partial charge in [-0.05, 0) is 30.7 Å². The maximum Gasteiger partial charge on any atom is 0.307 e. The summed E-state index contributed by atoms with van der Waals surface area (Å²) < 4.78 is 25.7. The number of carbonyl (C=O) groups excluding carboxylic acids is 1. The van der Waals surface area contributed by atoms with Crippen molar-refractivity contribution in [1.82, 2.24) is 4.31 Å². The summed E-state index contributed by atoms with van der Waals surface area (Å²) in [6, 6.07) is 5.26. The van der Waals surface area contributed by atoms with E-state index in [1.807, 2.05) is 0 Å². The van der Waals surface area contributed by atoms with Gasteiger partial charge in [-0.2, -0.15) is 4.31 Å². The van der Waals surface area contributed by atoms with Gasteiger partial charge in [0.05, 0.1) is 10.8 Å². The Hall–Kier alpha value is -1.93. The molecule has 0 radical (unpaired) electrons. The van der Waals surface area contributed by atoms with Gasteiger partial charge in [0.15, 0.2) is 0 Å². The Morgan fingerprint density at radius 2 is 1.85 bits per heavy atom. The van der Waals surface area contributed by atoms with Crippen molar-refractivity contribution in [3.8, 4) is 0 Å². The van der Waals surface area contributed by atoms with E-state index >= 15 is 0 Å². The first kappa shape index (κ1) is 14.5. The third kappa shape index (κ3) is 2.66. The number of aliphatic carboxylic acids is 1. The van der Waals surface area contributed by atoms with Crippen LogP contribution in [-0.2, 0) is 14.8 Å². The summed E-state index contributed by atoms with van der Waals surface area (Å²) >= 11 is 0. The summed E-state index contributed by atoms with van der Waals surface area (Å²) in [5.41, 5.74) is 5.30. The molecule has 1 atom stereocenters. The van der Waals surface area contributed by atoms with Crippen LogP contribution in [0.3, 0.4) is 0 Å². The zero-order valence-electron chi connectivity index (χ0n) is 10.5. The fourth-order valence-electron chi connectivity index (χ4n) is 2.09. The molecule has 20 heavy (non-hydrogen) atoms. The number of amides is 1. The van der Waals surface area contributed by atoms with E-state index in [1.165, 1.54) is 24.3 Å². The number of primary amides is 1. The summed E-state index contributed by atoms with van der Waals surface area (Å²) in [5.74, 6) is -2.30. The van der Waals surface area contributed by atoms with Crippen molar-refractivity contribution >= 4 is 21.9 Å². The van der Waals surface area contributed by atoms with Gasteiger partial charge in [0, 0.05) is 18.7 Å². The highest BCUT2D eigenvalue weighted by Gasteiger charge is 2.35. The summed E-state index contributed by atoms with van der Waals surface area (Å²) in [4.78, 5) is 21.8. The van der Waals surface area contributed by atoms with Crippen LogP contribution in [0, 0.1) is 5.92 Å². The summed E-state index contributed by atoms with van der Waals surface area (Å²) in [5, 5.41) is 8.89. The van der Waals surface area contributed by atoms with E-state index in [-0.39, 0.29) is 23.5 Å². The number of hydrogen-bond acceptors (Lipinski definition) is 4. The molecule has 8 heteroatoms. The molecule has 0 saturated carbocycles. The monoisotopic (exact) mass is 298 g/mol. The molecule has 3 N–H and O–H groups in total. The number of rotatable bonds is 4. The molecule has 1 saturated heterocycles. The molecule has 1 aromatic carbocycles. The predicted molar refractivity (Wildman–Crippen MR) is 69.5 cm³/mol. The molecule has 1 aromatic rings. The van der Waals surface area contributed by atoms with E-state index in [2.05, 4.69) is 0 Å². The third-order valence-corrected chi connectivity index (χ3v) is 5.16. The van der Waals surface area contributed by atoms with Crippen molar-refractivity contribution in [1.29, 1.82) is 0 Å². The largest absolute Gasteiger partial charge is 0.481 e. The van der Waals surface area contributed by atoms with Crippen LogP contribution in [0.2, 0.25) is 0 Å². The Bertz CT molecular complexity index is 638. The first-order valence-electron chi connectivity index (χ1n) is 5.95. The SMILES string of the molecule is NC(=O)c1ccc(S(=O)(=O)N2CCC(C(=O)O)C2)cc1. The highest BCUT2D eigenvalue weighted by Crippen LogP contribution is 2.24. The van der Waals surface area contributed by atoms with Gasteiger partial charge in [0.1, 0.15) is 0 Å². The number of carboxylic acid groups (broad SMARTS) is 1. The Kier molecular flexibility index (Phi) is 3.78. The molecule has 1 unspecified atom stereocenters. The lowest BCUT2D eigenvalue weighted by atomic mass is 10.1. The summed E-state index contributed by atoms with van der Waals surface area (Å²) in [6.45, 7) is 0.145. The highest BCUT2D eigenvalue weighted by atomic mass is 32.2. The van der Waals surface area contributed by atoms with Gasteiger partial charge >= 0.3 is 5.97 Å². The van der Waals surface area contributed by atoms with E-state index in [0.29, 0.717) is 6.42 Å². The van der Waals surface area contributed by atoms with Crippen LogP contribution in [0.5, 0.6) is 0 Å². The lowest BCUT2D eigenvalue weighted by molar-refractivity contribution is -0.141. The van der Waals surface area contributed by atoms with Crippen molar-refractivity contribution in [3.63, 3.8) is 0 Å². The molecule has 2 rings (SSSR count). The first-order valence-corrected chi connectivity index (χ1v) is 7.39. The Morgan fingerprint density at radius 1 is 1.25 bits per heavy atom. The van der Waals surface area contributed by atoms with Crippen LogP contribution in [0.4, 0.5) is 0 Å². The van der Waals surface area contributed by atoms with E-state index in [4.69, 9.17) is 10.8 Å². The van der Waals surface area contributed by atoms with E-state index < -0.39 is 27.8 Å². The lowest BCUT2D eigenvalue weighted by Crippen LogP contribution is -2.30. The fourth-order valence-corrected chi connectivity index (χ4v) is 3.59. The standard InChI is InChI=1S/C12H14N2O5S/c13-11(15)8-1-3-10(4-2-8)20(18,19)14-6-5-9(7-14)12(16)17/h1-4,9H,5-7H2,(H2,13,15)(H,16,17). The normalized spacial score (nSPS) is 19.9. The molecular formula is C12H14N2O5S. The van der Waals surface area contributed by atoms with Gasteiger partial charge in [-0.25, -0.2) is 8.42 Å². The second-order valence-corrected chi connectivity index (χ2v) is 6.51. The van der Waals surface area contributed by atoms with Crippen LogP contribution in [0.1, 0.15) is 16.8 Å². The van der Waals surface area contributed by atoms with Gasteiger partial charge in [0.25, 0.3) is 0 Å². The number of hydrogen-bond donors (Lipinski definition) is 2. The zero-order valence-corrected chi connectivity index (χ0v) is 11.3. The zero-order chi connectivity index (χ0) is 14.9. The average molecular weight is 298 g/mol. The predicted octanol–water partition coefficient (Wildman–Crippen LogP) is -0.119. The molecular weight excluding hydrogens is 284 g/mol. The van der Waals surface area contributed by atoms with E-state index in [9.17, 15) is 18.0 Å². The van der Waals surface area contributed by atoms with Crippen LogP contribution >= 0.6 is 0 Å². The Labute approximate surface area is 116 Å². The minimum absolute atomic E-state index is 0.0218. The first-order chi connectivity index (χ1) is 9.32. The van der Waals surface area contributed by atoms with Gasteiger partial charge in [0.2, 0.25) is 15.9 Å². The number of carbonyl (C=O) groups is 2. The number of nitrogens with two attached hydrogens (primary N) is 1. The molecule has 0 aromatic heterocycles. The number of sulfonamides is 1. The Balaban J connectivity index is 2.23. The number of benzene rings is 1. The summed E-state index contributed by atoms with van der Waals surface area (Å²) in [6.07, 6.45) is 0.300. The smallest absolute Gasteiger partial charge is 0.307 e. The van der Waals surface area contributed by atoms with Gasteiger partial charge in [-0.3, -0.25) is 9.59 Å². The molecule has 1 aliphatic rings. The van der Waals surface area contributed by atoms with Crippen LogP contribution < -0.4 is 5.73 Å². The maximum absolute atomic E-state index is 12.3. The molecule has 7 nitrogen and oxygen atoms in total. The minimum Gasteiger partial charge on any atom is -0.481 e. The van der Waals surface area contributed by atoms with Gasteiger partial charge in [-0.15, -0.1) is 0 Å². The Morgan fingerprint density at radius 3 is 2.30 bits per heavy atom. The maximum atomic E-state index is 12.3. The van der Waals surface area contributed by atoms with Crippen LogP contribution in [-0.4, -0.2) is 42.8 Å². The fraction of sp³-hybridized carbons (Fsp3) is 0.333. The molecule has 1 heterocycles. The van der Waals surface area contributed by atoms with Crippen molar-refractivity contribution in [2.24, 2.45) is 11.7 Å². The third-order valence-electron chi connectivity index (χ3n) is 3.28. The average Bonchev–Trinajstić information content (AvgIpc) is 2.89. The van der Waals surface area contributed by atoms with Crippen LogP contribution in [0.25, 0.3) is 0 Å². The molecule has 108 valence electrons. The number of carboxylic acids is 1. The summed E-state index contributed by atoms with van der Waals surface area (Å²) in [7, 11) is -3.73. The van der Waals surface area contributed by atoms with Gasteiger partial charge in [-0.1, -0.05) is 0 Å². The molecule has 0 aliphatic carbocycles. The lowest BCUT2D eigenvalue weighted by Gasteiger charge is -2.16.